The largest absolute Gasteiger partial charge is 0.497 e. The summed E-state index contributed by atoms with van der Waals surface area (Å²) >= 11 is 2.77. The predicted molar refractivity (Wildman–Crippen MR) is 150 cm³/mol. The summed E-state index contributed by atoms with van der Waals surface area (Å²) in [6.07, 6.45) is 4.29. The molecule has 0 unspecified atom stereocenters. The molecular formula is C30H26FNO5S2. The molecule has 200 valence electrons. The van der Waals surface area contributed by atoms with Crippen LogP contribution in [0.2, 0.25) is 0 Å². The maximum atomic E-state index is 15.5. The highest BCUT2D eigenvalue weighted by Gasteiger charge is 2.25. The summed E-state index contributed by atoms with van der Waals surface area (Å²) in [5.74, 6) is 0.606. The summed E-state index contributed by atoms with van der Waals surface area (Å²) < 4.78 is 31.5. The number of aromatic nitrogens is 1. The van der Waals surface area contributed by atoms with Crippen LogP contribution in [0.15, 0.2) is 92.5 Å². The molecule has 2 atom stereocenters. The minimum Gasteiger partial charge on any atom is -0.497 e. The molecule has 0 spiro atoms. The number of aliphatic hydroxyl groups excluding tert-OH is 1. The number of halogens is 1. The molecule has 3 aromatic carbocycles. The summed E-state index contributed by atoms with van der Waals surface area (Å²) in [5, 5.41) is 10.6. The van der Waals surface area contributed by atoms with Crippen molar-refractivity contribution in [3.05, 3.63) is 84.3 Å². The summed E-state index contributed by atoms with van der Waals surface area (Å²) in [7, 11) is 3.20. The zero-order valence-corrected chi connectivity index (χ0v) is 22.9. The van der Waals surface area contributed by atoms with E-state index in [-0.39, 0.29) is 12.2 Å². The molecule has 4 aromatic rings. The van der Waals surface area contributed by atoms with Crippen molar-refractivity contribution in [1.82, 2.24) is 4.98 Å². The van der Waals surface area contributed by atoms with E-state index in [2.05, 4.69) is 4.98 Å². The van der Waals surface area contributed by atoms with E-state index < -0.39 is 18.2 Å². The molecule has 5 rings (SSSR count). The van der Waals surface area contributed by atoms with Crippen LogP contribution >= 0.6 is 23.5 Å². The van der Waals surface area contributed by atoms with Gasteiger partial charge < -0.3 is 19.3 Å². The Bertz CT molecular complexity index is 1540. The van der Waals surface area contributed by atoms with Crippen LogP contribution in [-0.2, 0) is 9.53 Å². The number of pyridine rings is 1. The van der Waals surface area contributed by atoms with Gasteiger partial charge in [-0.25, -0.2) is 4.39 Å². The number of cyclic esters (lactones) is 1. The zero-order chi connectivity index (χ0) is 27.4. The van der Waals surface area contributed by atoms with Gasteiger partial charge in [0.15, 0.2) is 0 Å². The van der Waals surface area contributed by atoms with Crippen molar-refractivity contribution in [2.75, 3.05) is 14.2 Å². The molecule has 0 saturated carbocycles. The number of carbonyl (C=O) groups is 1. The minimum atomic E-state index is -0.740. The summed E-state index contributed by atoms with van der Waals surface area (Å²) in [6.45, 7) is 0. The molecule has 0 radical (unpaired) electrons. The van der Waals surface area contributed by atoms with E-state index in [9.17, 15) is 9.90 Å². The maximum absolute atomic E-state index is 15.5. The first-order valence-electron chi connectivity index (χ1n) is 12.2. The van der Waals surface area contributed by atoms with Gasteiger partial charge in [0.1, 0.15) is 23.4 Å². The number of benzene rings is 3. The van der Waals surface area contributed by atoms with E-state index >= 15 is 4.39 Å². The number of carbonyl (C=O) groups excluding carboxylic acids is 1. The predicted octanol–water partition coefficient (Wildman–Crippen LogP) is 6.77. The van der Waals surface area contributed by atoms with E-state index in [1.165, 1.54) is 29.6 Å². The summed E-state index contributed by atoms with van der Waals surface area (Å²) in [5.41, 5.74) is 1.38. The first-order valence-corrected chi connectivity index (χ1v) is 13.9. The molecule has 1 saturated heterocycles. The van der Waals surface area contributed by atoms with Crippen LogP contribution < -0.4 is 9.47 Å². The number of esters is 1. The molecule has 1 aromatic heterocycles. The second kappa shape index (κ2) is 12.1. The molecule has 9 heteroatoms. The van der Waals surface area contributed by atoms with Gasteiger partial charge >= 0.3 is 5.97 Å². The Kier molecular flexibility index (Phi) is 8.40. The van der Waals surface area contributed by atoms with Crippen molar-refractivity contribution in [1.29, 1.82) is 0 Å². The number of hydrogen-bond donors (Lipinski definition) is 1. The minimum absolute atomic E-state index is 0.00576. The van der Waals surface area contributed by atoms with Crippen molar-refractivity contribution in [2.24, 2.45) is 0 Å². The quantitative estimate of drug-likeness (QED) is 0.235. The number of hydrogen-bond acceptors (Lipinski definition) is 8. The number of aliphatic hydroxyl groups is 1. The standard InChI is InChI=1S/C30H26FNO5S2/c1-35-20-5-3-7-23(13-20)38-28-16-27-25(15-26(28)31)30(39-24-8-4-6-21(14-24)36-2)18(17-32-27)9-10-22-11-19(33)12-29(34)37-22/h3-10,13-17,19,22,33H,11-12H2,1-2H3/b10-9+/t19-,22-/m1/s1. The summed E-state index contributed by atoms with van der Waals surface area (Å²) in [4.78, 5) is 19.4. The Morgan fingerprint density at radius 3 is 2.38 bits per heavy atom. The smallest absolute Gasteiger partial charge is 0.309 e. The van der Waals surface area contributed by atoms with Crippen LogP contribution in [0.25, 0.3) is 17.0 Å². The fourth-order valence-electron chi connectivity index (χ4n) is 4.21. The number of methoxy groups -OCH3 is 2. The molecule has 39 heavy (non-hydrogen) atoms. The second-order valence-corrected chi connectivity index (χ2v) is 11.1. The third-order valence-electron chi connectivity index (χ3n) is 6.11. The Balaban J connectivity index is 1.55. The monoisotopic (exact) mass is 563 g/mol. The normalized spacial score (nSPS) is 17.4. The Hall–Kier alpha value is -3.53. The van der Waals surface area contributed by atoms with E-state index in [0.717, 1.165) is 20.2 Å². The van der Waals surface area contributed by atoms with Gasteiger partial charge in [-0.1, -0.05) is 41.7 Å². The van der Waals surface area contributed by atoms with Gasteiger partial charge in [-0.2, -0.15) is 0 Å². The highest BCUT2D eigenvalue weighted by atomic mass is 32.2. The molecule has 1 aliphatic heterocycles. The van der Waals surface area contributed by atoms with Crippen LogP contribution in [0.4, 0.5) is 4.39 Å². The van der Waals surface area contributed by atoms with Crippen LogP contribution in [0.5, 0.6) is 11.5 Å². The average molecular weight is 564 g/mol. The van der Waals surface area contributed by atoms with E-state index in [1.54, 1.807) is 32.6 Å². The molecule has 2 heterocycles. The van der Waals surface area contributed by atoms with Gasteiger partial charge in [0.2, 0.25) is 0 Å². The Morgan fingerprint density at radius 1 is 1.03 bits per heavy atom. The van der Waals surface area contributed by atoms with E-state index in [4.69, 9.17) is 14.2 Å². The van der Waals surface area contributed by atoms with Crippen LogP contribution in [0.1, 0.15) is 18.4 Å². The first-order chi connectivity index (χ1) is 18.9. The van der Waals surface area contributed by atoms with Crippen LogP contribution in [-0.4, -0.2) is 42.5 Å². The molecule has 0 bridgehead atoms. The van der Waals surface area contributed by atoms with Crippen molar-refractivity contribution in [3.8, 4) is 11.5 Å². The topological polar surface area (TPSA) is 77.9 Å². The van der Waals surface area contributed by atoms with Gasteiger partial charge in [-0.3, -0.25) is 9.78 Å². The maximum Gasteiger partial charge on any atom is 0.309 e. The molecule has 1 N–H and O–H groups in total. The number of ether oxygens (including phenoxy) is 3. The number of fused-ring (bicyclic) bond motifs is 1. The molecule has 1 fully saturated rings. The van der Waals surface area contributed by atoms with Gasteiger partial charge in [0, 0.05) is 38.3 Å². The average Bonchev–Trinajstić information content (AvgIpc) is 2.93. The number of rotatable bonds is 8. The van der Waals surface area contributed by atoms with Gasteiger partial charge in [-0.05, 0) is 54.6 Å². The first kappa shape index (κ1) is 27.1. The van der Waals surface area contributed by atoms with Gasteiger partial charge in [0.25, 0.3) is 0 Å². The van der Waals surface area contributed by atoms with E-state index in [1.807, 2.05) is 54.6 Å². The molecule has 0 aliphatic carbocycles. The highest BCUT2D eigenvalue weighted by Crippen LogP contribution is 2.40. The third-order valence-corrected chi connectivity index (χ3v) is 8.28. The Morgan fingerprint density at radius 2 is 1.72 bits per heavy atom. The van der Waals surface area contributed by atoms with Crippen molar-refractivity contribution in [3.63, 3.8) is 0 Å². The fraction of sp³-hybridized carbons (Fsp3) is 0.200. The second-order valence-electron chi connectivity index (χ2n) is 8.89. The molecule has 1 aliphatic rings. The van der Waals surface area contributed by atoms with E-state index in [0.29, 0.717) is 33.7 Å². The van der Waals surface area contributed by atoms with Crippen molar-refractivity contribution < 1.29 is 28.5 Å². The number of nitrogens with zero attached hydrogens (tertiary/aromatic N) is 1. The Labute approximate surface area is 234 Å². The lowest BCUT2D eigenvalue weighted by Gasteiger charge is -2.23. The van der Waals surface area contributed by atoms with Crippen molar-refractivity contribution in [2.45, 2.75) is 44.6 Å². The SMILES string of the molecule is COc1cccc(Sc2cc3ncc(/C=C/[C@@H]4C[C@@H](O)CC(=O)O4)c(Sc4cccc(OC)c4)c3cc2F)c1. The van der Waals surface area contributed by atoms with Crippen molar-refractivity contribution >= 4 is 46.5 Å². The highest BCUT2D eigenvalue weighted by molar-refractivity contribution is 7.99. The molecular weight excluding hydrogens is 537 g/mol. The summed E-state index contributed by atoms with van der Waals surface area (Å²) in [6, 6.07) is 18.3. The molecule has 0 amide bonds. The zero-order valence-electron chi connectivity index (χ0n) is 21.3. The lowest BCUT2D eigenvalue weighted by atomic mass is 10.0. The molecule has 6 nitrogen and oxygen atoms in total. The van der Waals surface area contributed by atoms with Crippen LogP contribution in [0, 0.1) is 5.82 Å². The lowest BCUT2D eigenvalue weighted by Crippen LogP contribution is -2.31. The van der Waals surface area contributed by atoms with Crippen LogP contribution in [0.3, 0.4) is 0 Å². The lowest BCUT2D eigenvalue weighted by molar-refractivity contribution is -0.156. The van der Waals surface area contributed by atoms with Gasteiger partial charge in [-0.15, -0.1) is 0 Å². The van der Waals surface area contributed by atoms with Gasteiger partial charge in [0.05, 0.1) is 37.2 Å². The third kappa shape index (κ3) is 6.55. The fourth-order valence-corrected chi connectivity index (χ4v) is 6.18.